The summed E-state index contributed by atoms with van der Waals surface area (Å²) in [4.78, 5) is 11.5. The summed E-state index contributed by atoms with van der Waals surface area (Å²) in [7, 11) is 1.59. The number of hydrogen-bond donors (Lipinski definition) is 1. The minimum Gasteiger partial charge on any atom is -0.497 e. The van der Waals surface area contributed by atoms with Crippen LogP contribution in [0.4, 0.5) is 4.39 Å². The molecule has 3 aliphatic rings. The van der Waals surface area contributed by atoms with Crippen LogP contribution in [0.15, 0.2) is 60.7 Å². The first kappa shape index (κ1) is 23.8. The molecule has 37 heavy (non-hydrogen) atoms. The van der Waals surface area contributed by atoms with Gasteiger partial charge in [-0.3, -0.25) is 4.79 Å². The number of ether oxygens (including phenoxy) is 2. The summed E-state index contributed by atoms with van der Waals surface area (Å²) in [5, 5.41) is 9.44. The molecule has 0 heterocycles. The molecule has 5 heteroatoms. The number of carboxylic acids is 1. The highest BCUT2D eigenvalue weighted by atomic mass is 19.1. The molecular formula is C32H31FO4. The molecule has 0 bridgehead atoms. The minimum absolute atomic E-state index is 0.00888. The standard InChI is InChI=1S/C32H31FO4/c1-32(2)12-4-5-27(32)24-13-18(6-10-22(24)25-15-20(36-3)9-11-28(25)33)17-37-21-8-7-19-14-26-29(23(19)16-21)30(26)31(34)35/h5-11,13,15-16,26,29-30H,4,12,14,17H2,1-3H3,(H,34,35)/t26-,29+,30+/m0/s1. The van der Waals surface area contributed by atoms with Gasteiger partial charge < -0.3 is 14.6 Å². The lowest BCUT2D eigenvalue weighted by Gasteiger charge is -2.25. The van der Waals surface area contributed by atoms with Crippen LogP contribution in [0.3, 0.4) is 0 Å². The van der Waals surface area contributed by atoms with E-state index in [1.165, 1.54) is 17.2 Å². The molecular weight excluding hydrogens is 467 g/mol. The lowest BCUT2D eigenvalue weighted by Crippen LogP contribution is -2.10. The SMILES string of the molecule is COc1ccc(F)c(-c2ccc(COc3ccc4c(c3)[C@@H]3[C@H](C4)[C@H]3C(=O)O)cc2C2=CCCC2(C)C)c1. The Balaban J connectivity index is 1.30. The number of rotatable bonds is 7. The van der Waals surface area contributed by atoms with Crippen molar-refractivity contribution in [3.05, 3.63) is 88.7 Å². The van der Waals surface area contributed by atoms with E-state index >= 15 is 4.39 Å². The van der Waals surface area contributed by atoms with E-state index in [0.29, 0.717) is 17.9 Å². The zero-order valence-electron chi connectivity index (χ0n) is 21.4. The molecule has 190 valence electrons. The molecule has 0 aromatic heterocycles. The zero-order valence-corrected chi connectivity index (χ0v) is 21.4. The zero-order chi connectivity index (χ0) is 25.9. The molecule has 3 aromatic carbocycles. The molecule has 0 unspecified atom stereocenters. The average molecular weight is 499 g/mol. The van der Waals surface area contributed by atoms with E-state index in [4.69, 9.17) is 9.47 Å². The Bertz CT molecular complexity index is 1440. The van der Waals surface area contributed by atoms with Crippen molar-refractivity contribution in [1.82, 2.24) is 0 Å². The van der Waals surface area contributed by atoms with Crippen LogP contribution < -0.4 is 9.47 Å². The van der Waals surface area contributed by atoms with Gasteiger partial charge in [0.15, 0.2) is 0 Å². The molecule has 3 aromatic rings. The number of aliphatic carboxylic acids is 1. The van der Waals surface area contributed by atoms with Gasteiger partial charge in [0.25, 0.3) is 0 Å². The number of methoxy groups -OCH3 is 1. The molecule has 1 saturated carbocycles. The van der Waals surface area contributed by atoms with Gasteiger partial charge in [0.1, 0.15) is 23.9 Å². The summed E-state index contributed by atoms with van der Waals surface area (Å²) in [5.74, 6) is 0.497. The van der Waals surface area contributed by atoms with E-state index in [1.54, 1.807) is 19.2 Å². The highest BCUT2D eigenvalue weighted by Crippen LogP contribution is 2.61. The molecule has 0 amide bonds. The third-order valence-corrected chi connectivity index (χ3v) is 8.48. The van der Waals surface area contributed by atoms with Gasteiger partial charge in [-0.05, 0) is 100 Å². The monoisotopic (exact) mass is 498 g/mol. The quantitative estimate of drug-likeness (QED) is 0.373. The number of carbonyl (C=O) groups is 1. The molecule has 1 fully saturated rings. The Morgan fingerprint density at radius 3 is 2.57 bits per heavy atom. The number of halogens is 1. The van der Waals surface area contributed by atoms with Crippen LogP contribution >= 0.6 is 0 Å². The number of allylic oxidation sites excluding steroid dienone is 2. The topological polar surface area (TPSA) is 55.8 Å². The Morgan fingerprint density at radius 2 is 1.84 bits per heavy atom. The number of carboxylic acid groups (broad SMARTS) is 1. The molecule has 0 radical (unpaired) electrons. The van der Waals surface area contributed by atoms with Crippen molar-refractivity contribution in [2.75, 3.05) is 7.11 Å². The predicted octanol–water partition coefficient (Wildman–Crippen LogP) is 7.25. The van der Waals surface area contributed by atoms with Crippen LogP contribution in [0, 0.1) is 23.1 Å². The first-order valence-corrected chi connectivity index (χ1v) is 12.9. The molecule has 0 saturated heterocycles. The number of hydrogen-bond acceptors (Lipinski definition) is 3. The summed E-state index contributed by atoms with van der Waals surface area (Å²) in [5.41, 5.74) is 6.97. The fraction of sp³-hybridized carbons (Fsp3) is 0.344. The Labute approximate surface area is 216 Å². The lowest BCUT2D eigenvalue weighted by atomic mass is 9.79. The van der Waals surface area contributed by atoms with Crippen LogP contribution in [0.1, 0.15) is 54.9 Å². The third kappa shape index (κ3) is 4.11. The molecule has 1 N–H and O–H groups in total. The van der Waals surface area contributed by atoms with Gasteiger partial charge in [-0.1, -0.05) is 38.1 Å². The molecule has 3 aliphatic carbocycles. The Hall–Kier alpha value is -3.60. The van der Waals surface area contributed by atoms with Crippen LogP contribution in [-0.2, 0) is 17.8 Å². The lowest BCUT2D eigenvalue weighted by molar-refractivity contribution is -0.139. The van der Waals surface area contributed by atoms with Crippen molar-refractivity contribution in [2.24, 2.45) is 17.3 Å². The predicted molar refractivity (Wildman–Crippen MR) is 141 cm³/mol. The van der Waals surface area contributed by atoms with Crippen molar-refractivity contribution in [3.8, 4) is 22.6 Å². The average Bonchev–Trinajstić information content (AvgIpc) is 3.31. The van der Waals surface area contributed by atoms with E-state index in [9.17, 15) is 9.90 Å². The van der Waals surface area contributed by atoms with E-state index < -0.39 is 5.97 Å². The summed E-state index contributed by atoms with van der Waals surface area (Å²) in [6, 6.07) is 17.0. The van der Waals surface area contributed by atoms with Crippen LogP contribution in [0.25, 0.3) is 16.7 Å². The fourth-order valence-electron chi connectivity index (χ4n) is 6.41. The normalized spacial score (nSPS) is 22.7. The van der Waals surface area contributed by atoms with E-state index in [1.807, 2.05) is 24.3 Å². The van der Waals surface area contributed by atoms with E-state index in [2.05, 4.69) is 32.1 Å². The van der Waals surface area contributed by atoms with Gasteiger partial charge >= 0.3 is 5.97 Å². The maximum atomic E-state index is 15.0. The second kappa shape index (κ2) is 8.76. The highest BCUT2D eigenvalue weighted by Gasteiger charge is 2.59. The van der Waals surface area contributed by atoms with Gasteiger partial charge in [0, 0.05) is 11.5 Å². The number of fused-ring (bicyclic) bond motifs is 3. The summed E-state index contributed by atoms with van der Waals surface area (Å²) in [6.45, 7) is 4.85. The van der Waals surface area contributed by atoms with Crippen LogP contribution in [0.2, 0.25) is 0 Å². The smallest absolute Gasteiger partial charge is 0.307 e. The van der Waals surface area contributed by atoms with E-state index in [-0.39, 0.29) is 29.0 Å². The van der Waals surface area contributed by atoms with Crippen molar-refractivity contribution < 1.29 is 23.8 Å². The van der Waals surface area contributed by atoms with Crippen molar-refractivity contribution in [3.63, 3.8) is 0 Å². The second-order valence-electron chi connectivity index (χ2n) is 11.2. The van der Waals surface area contributed by atoms with Crippen LogP contribution in [0.5, 0.6) is 11.5 Å². The molecule has 0 spiro atoms. The highest BCUT2D eigenvalue weighted by molar-refractivity contribution is 5.85. The fourth-order valence-corrected chi connectivity index (χ4v) is 6.41. The Kier molecular flexibility index (Phi) is 5.63. The van der Waals surface area contributed by atoms with Gasteiger partial charge in [-0.25, -0.2) is 4.39 Å². The minimum atomic E-state index is -0.698. The van der Waals surface area contributed by atoms with Crippen LogP contribution in [-0.4, -0.2) is 18.2 Å². The first-order chi connectivity index (χ1) is 17.8. The molecule has 4 nitrogen and oxygen atoms in total. The van der Waals surface area contributed by atoms with Gasteiger partial charge in [0.2, 0.25) is 0 Å². The molecule has 6 rings (SSSR count). The van der Waals surface area contributed by atoms with E-state index in [0.717, 1.165) is 47.3 Å². The van der Waals surface area contributed by atoms with Gasteiger partial charge in [0.05, 0.1) is 13.0 Å². The molecule has 3 atom stereocenters. The number of benzene rings is 3. The van der Waals surface area contributed by atoms with Crippen molar-refractivity contribution in [1.29, 1.82) is 0 Å². The Morgan fingerprint density at radius 1 is 1.03 bits per heavy atom. The van der Waals surface area contributed by atoms with Crippen molar-refractivity contribution >= 4 is 11.5 Å². The summed E-state index contributed by atoms with van der Waals surface area (Å²) >= 11 is 0. The van der Waals surface area contributed by atoms with Gasteiger partial charge in [-0.2, -0.15) is 0 Å². The second-order valence-corrected chi connectivity index (χ2v) is 11.2. The van der Waals surface area contributed by atoms with Crippen molar-refractivity contribution in [2.45, 2.75) is 45.6 Å². The maximum absolute atomic E-state index is 15.0. The van der Waals surface area contributed by atoms with Gasteiger partial charge in [-0.15, -0.1) is 0 Å². The maximum Gasteiger partial charge on any atom is 0.307 e. The largest absolute Gasteiger partial charge is 0.497 e. The molecule has 0 aliphatic heterocycles. The summed E-state index contributed by atoms with van der Waals surface area (Å²) in [6.07, 6.45) is 5.16. The first-order valence-electron chi connectivity index (χ1n) is 12.9. The summed E-state index contributed by atoms with van der Waals surface area (Å²) < 4.78 is 26.6. The third-order valence-electron chi connectivity index (χ3n) is 8.48.